The summed E-state index contributed by atoms with van der Waals surface area (Å²) >= 11 is 3.50. The number of benzene rings is 1. The van der Waals surface area contributed by atoms with Gasteiger partial charge < -0.3 is 15.4 Å². The van der Waals surface area contributed by atoms with Crippen molar-refractivity contribution in [1.82, 2.24) is 5.32 Å². The second kappa shape index (κ2) is 6.50. The van der Waals surface area contributed by atoms with E-state index < -0.39 is 0 Å². The number of carbonyl (C=O) groups excluding carboxylic acids is 1. The Morgan fingerprint density at radius 2 is 2.26 bits per heavy atom. The van der Waals surface area contributed by atoms with E-state index in [1.165, 1.54) is 0 Å². The quantitative estimate of drug-likeness (QED) is 0.790. The van der Waals surface area contributed by atoms with E-state index in [0.717, 1.165) is 28.7 Å². The first-order chi connectivity index (χ1) is 9.09. The lowest BCUT2D eigenvalue weighted by molar-refractivity contribution is -0.117. The summed E-state index contributed by atoms with van der Waals surface area (Å²) in [6, 6.07) is 5.52. The Morgan fingerprint density at radius 1 is 1.47 bits per heavy atom. The van der Waals surface area contributed by atoms with E-state index in [0.29, 0.717) is 6.61 Å². The van der Waals surface area contributed by atoms with Gasteiger partial charge >= 0.3 is 0 Å². The Hall–Kier alpha value is -0.910. The summed E-state index contributed by atoms with van der Waals surface area (Å²) in [4.78, 5) is 11.9. The number of hydrogen-bond acceptors (Lipinski definition) is 3. The van der Waals surface area contributed by atoms with Crippen molar-refractivity contribution in [1.29, 1.82) is 0 Å². The number of ether oxygens (including phenoxy) is 1. The maximum Gasteiger partial charge on any atom is 0.246 e. The first kappa shape index (κ1) is 14.5. The summed E-state index contributed by atoms with van der Waals surface area (Å²) in [7, 11) is 0. The number of anilines is 1. The maximum atomic E-state index is 11.9. The zero-order chi connectivity index (χ0) is 13.8. The number of fused-ring (bicyclic) bond motifs is 1. The highest BCUT2D eigenvalue weighted by atomic mass is 79.9. The average molecular weight is 327 g/mol. The topological polar surface area (TPSA) is 50.4 Å². The van der Waals surface area contributed by atoms with Crippen molar-refractivity contribution < 1.29 is 9.53 Å². The van der Waals surface area contributed by atoms with Gasteiger partial charge in [-0.1, -0.05) is 22.0 Å². The Bertz CT molecular complexity index is 463. The number of amides is 1. The summed E-state index contributed by atoms with van der Waals surface area (Å²) in [5, 5.41) is 6.16. The standard InChI is InChI=1S/C14H19BrN2O2/c1-9(2)19-8-4-7-16-13-12-10(15)5-3-6-11(12)17-14(13)18/h3,5-6,9,13,16H,4,7-8H2,1-2H3,(H,17,18). The number of carbonyl (C=O) groups is 1. The van der Waals surface area contributed by atoms with Crippen molar-refractivity contribution >= 4 is 27.5 Å². The van der Waals surface area contributed by atoms with Gasteiger partial charge in [0.2, 0.25) is 5.91 Å². The van der Waals surface area contributed by atoms with Crippen LogP contribution in [0.15, 0.2) is 22.7 Å². The fraction of sp³-hybridized carbons (Fsp3) is 0.500. The molecular weight excluding hydrogens is 308 g/mol. The number of rotatable bonds is 6. The van der Waals surface area contributed by atoms with Crippen LogP contribution in [0.5, 0.6) is 0 Å². The number of halogens is 1. The molecule has 0 saturated heterocycles. The summed E-state index contributed by atoms with van der Waals surface area (Å²) in [5.74, 6) is 0.00618. The molecule has 0 aromatic heterocycles. The third-order valence-electron chi connectivity index (χ3n) is 2.98. The molecule has 0 saturated carbocycles. The Morgan fingerprint density at radius 3 is 3.00 bits per heavy atom. The minimum atomic E-state index is -0.273. The van der Waals surface area contributed by atoms with Crippen LogP contribution < -0.4 is 10.6 Å². The van der Waals surface area contributed by atoms with Crippen LogP contribution in [0.3, 0.4) is 0 Å². The largest absolute Gasteiger partial charge is 0.379 e. The molecule has 0 aliphatic carbocycles. The lowest BCUT2D eigenvalue weighted by Gasteiger charge is -2.13. The second-order valence-electron chi connectivity index (χ2n) is 4.85. The molecule has 0 bridgehead atoms. The van der Waals surface area contributed by atoms with Crippen LogP contribution in [0.1, 0.15) is 31.9 Å². The van der Waals surface area contributed by atoms with Crippen LogP contribution in [-0.2, 0) is 9.53 Å². The van der Waals surface area contributed by atoms with Gasteiger partial charge in [0.25, 0.3) is 0 Å². The molecule has 1 atom stereocenters. The van der Waals surface area contributed by atoms with Crippen molar-refractivity contribution in [3.63, 3.8) is 0 Å². The Labute approximate surface area is 122 Å². The Kier molecular flexibility index (Phi) is 4.96. The minimum absolute atomic E-state index is 0.00618. The molecule has 19 heavy (non-hydrogen) atoms. The first-order valence-electron chi connectivity index (χ1n) is 6.54. The van der Waals surface area contributed by atoms with Crippen LogP contribution in [0, 0.1) is 0 Å². The third kappa shape index (κ3) is 3.55. The predicted molar refractivity (Wildman–Crippen MR) is 79.2 cm³/mol. The summed E-state index contributed by atoms with van der Waals surface area (Å²) < 4.78 is 6.43. The monoisotopic (exact) mass is 326 g/mol. The fourth-order valence-electron chi connectivity index (χ4n) is 2.11. The average Bonchev–Trinajstić information content (AvgIpc) is 2.66. The third-order valence-corrected chi connectivity index (χ3v) is 3.67. The molecule has 2 N–H and O–H groups in total. The molecule has 0 fully saturated rings. The van der Waals surface area contributed by atoms with E-state index in [1.54, 1.807) is 0 Å². The van der Waals surface area contributed by atoms with E-state index in [2.05, 4.69) is 26.6 Å². The summed E-state index contributed by atoms with van der Waals surface area (Å²) in [6.07, 6.45) is 1.14. The molecule has 104 valence electrons. The second-order valence-corrected chi connectivity index (χ2v) is 5.70. The fourth-order valence-corrected chi connectivity index (χ4v) is 2.70. The van der Waals surface area contributed by atoms with Crippen molar-refractivity contribution in [3.8, 4) is 0 Å². The van der Waals surface area contributed by atoms with Crippen molar-refractivity contribution in [2.45, 2.75) is 32.4 Å². The molecule has 5 heteroatoms. The van der Waals surface area contributed by atoms with Crippen LogP contribution in [0.25, 0.3) is 0 Å². The van der Waals surface area contributed by atoms with Crippen molar-refractivity contribution in [2.24, 2.45) is 0 Å². The van der Waals surface area contributed by atoms with Gasteiger partial charge in [-0.25, -0.2) is 0 Å². The number of hydrogen-bond donors (Lipinski definition) is 2. The van der Waals surface area contributed by atoms with E-state index in [9.17, 15) is 4.79 Å². The zero-order valence-corrected chi connectivity index (χ0v) is 12.8. The Balaban J connectivity index is 1.90. The van der Waals surface area contributed by atoms with Gasteiger partial charge in [0.05, 0.1) is 6.10 Å². The SMILES string of the molecule is CC(C)OCCCNC1C(=O)Nc2cccc(Br)c21. The molecule has 1 heterocycles. The molecule has 4 nitrogen and oxygen atoms in total. The first-order valence-corrected chi connectivity index (χ1v) is 7.33. The molecule has 0 spiro atoms. The van der Waals surface area contributed by atoms with Gasteiger partial charge in [0.15, 0.2) is 0 Å². The molecule has 1 aliphatic heterocycles. The molecule has 2 rings (SSSR count). The lowest BCUT2D eigenvalue weighted by Crippen LogP contribution is -2.29. The predicted octanol–water partition coefficient (Wildman–Crippen LogP) is 2.85. The minimum Gasteiger partial charge on any atom is -0.379 e. The molecule has 1 aromatic carbocycles. The maximum absolute atomic E-state index is 11.9. The van der Waals surface area contributed by atoms with Gasteiger partial charge in [-0.15, -0.1) is 0 Å². The van der Waals surface area contributed by atoms with Gasteiger partial charge in [0, 0.05) is 22.3 Å². The van der Waals surface area contributed by atoms with Crippen LogP contribution in [0.4, 0.5) is 5.69 Å². The highest BCUT2D eigenvalue weighted by Gasteiger charge is 2.31. The lowest BCUT2D eigenvalue weighted by atomic mass is 10.1. The van der Waals surface area contributed by atoms with Gasteiger partial charge in [0.1, 0.15) is 6.04 Å². The van der Waals surface area contributed by atoms with E-state index >= 15 is 0 Å². The zero-order valence-electron chi connectivity index (χ0n) is 11.2. The summed E-state index contributed by atoms with van der Waals surface area (Å²) in [6.45, 7) is 5.50. The molecule has 0 radical (unpaired) electrons. The van der Waals surface area contributed by atoms with E-state index in [-0.39, 0.29) is 18.1 Å². The van der Waals surface area contributed by atoms with Crippen molar-refractivity contribution in [3.05, 3.63) is 28.2 Å². The summed E-state index contributed by atoms with van der Waals surface area (Å²) in [5.41, 5.74) is 1.88. The molecular formula is C14H19BrN2O2. The van der Waals surface area contributed by atoms with E-state index in [1.807, 2.05) is 32.0 Å². The smallest absolute Gasteiger partial charge is 0.246 e. The van der Waals surface area contributed by atoms with Gasteiger partial charge in [-0.05, 0) is 38.9 Å². The highest BCUT2D eigenvalue weighted by molar-refractivity contribution is 9.10. The van der Waals surface area contributed by atoms with E-state index in [4.69, 9.17) is 4.74 Å². The van der Waals surface area contributed by atoms with Crippen LogP contribution in [-0.4, -0.2) is 25.2 Å². The molecule has 1 aliphatic rings. The van der Waals surface area contributed by atoms with Gasteiger partial charge in [-0.2, -0.15) is 0 Å². The molecule has 1 aromatic rings. The van der Waals surface area contributed by atoms with Crippen molar-refractivity contribution in [2.75, 3.05) is 18.5 Å². The number of nitrogens with one attached hydrogen (secondary N) is 2. The highest BCUT2D eigenvalue weighted by Crippen LogP contribution is 2.36. The van der Waals surface area contributed by atoms with Gasteiger partial charge in [-0.3, -0.25) is 4.79 Å². The van der Waals surface area contributed by atoms with Crippen LogP contribution >= 0.6 is 15.9 Å². The molecule has 1 amide bonds. The normalized spacial score (nSPS) is 17.7. The van der Waals surface area contributed by atoms with Crippen LogP contribution in [0.2, 0.25) is 0 Å². The molecule has 1 unspecified atom stereocenters.